The van der Waals surface area contributed by atoms with Crippen LogP contribution in [0.5, 0.6) is 0 Å². The third-order valence-corrected chi connectivity index (χ3v) is 2.56. The summed E-state index contributed by atoms with van der Waals surface area (Å²) in [5.41, 5.74) is 0.250. The summed E-state index contributed by atoms with van der Waals surface area (Å²) < 4.78 is 4.36. The van der Waals surface area contributed by atoms with Crippen LogP contribution in [0.4, 0.5) is 0 Å². The number of carboxylic acids is 1. The van der Waals surface area contributed by atoms with Gasteiger partial charge < -0.3 is 15.2 Å². The number of aliphatic carboxylic acids is 1. The van der Waals surface area contributed by atoms with Crippen molar-refractivity contribution in [3.63, 3.8) is 0 Å². The molecule has 0 bridgehead atoms. The lowest BCUT2D eigenvalue weighted by atomic mass is 10.1. The molecule has 0 aliphatic heterocycles. The number of carboxylic acid groups (broad SMARTS) is 1. The fraction of sp³-hybridized carbons (Fsp3) is 0.250. The standard InChI is InChI=1S/C12H12ClNO5/c1-19-10(15)6-9(12(17)18)14-11(16)7-2-4-8(13)5-3-7/h2-5,9H,6H2,1H3,(H,14,16)(H,17,18). The van der Waals surface area contributed by atoms with Crippen LogP contribution in [-0.4, -0.2) is 36.1 Å². The highest BCUT2D eigenvalue weighted by Crippen LogP contribution is 2.09. The summed E-state index contributed by atoms with van der Waals surface area (Å²) in [5.74, 6) is -2.63. The van der Waals surface area contributed by atoms with E-state index in [9.17, 15) is 14.4 Å². The summed E-state index contributed by atoms with van der Waals surface area (Å²) in [6.45, 7) is 0. The molecule has 0 heterocycles. The minimum absolute atomic E-state index is 0.250. The van der Waals surface area contributed by atoms with E-state index in [0.29, 0.717) is 5.02 Å². The van der Waals surface area contributed by atoms with Gasteiger partial charge in [0, 0.05) is 10.6 Å². The van der Waals surface area contributed by atoms with Gasteiger partial charge in [-0.05, 0) is 24.3 Å². The Morgan fingerprint density at radius 2 is 1.89 bits per heavy atom. The van der Waals surface area contributed by atoms with E-state index in [1.54, 1.807) is 0 Å². The maximum absolute atomic E-state index is 11.8. The van der Waals surface area contributed by atoms with E-state index in [-0.39, 0.29) is 5.56 Å². The molecule has 1 unspecified atom stereocenters. The number of hydrogen-bond donors (Lipinski definition) is 2. The largest absolute Gasteiger partial charge is 0.480 e. The van der Waals surface area contributed by atoms with Gasteiger partial charge in [0.05, 0.1) is 13.5 Å². The molecule has 1 aromatic rings. The van der Waals surface area contributed by atoms with E-state index in [1.165, 1.54) is 24.3 Å². The molecule has 102 valence electrons. The molecular weight excluding hydrogens is 274 g/mol. The number of hydrogen-bond acceptors (Lipinski definition) is 4. The average molecular weight is 286 g/mol. The number of methoxy groups -OCH3 is 1. The Balaban J connectivity index is 2.73. The van der Waals surface area contributed by atoms with E-state index >= 15 is 0 Å². The third kappa shape index (κ3) is 4.59. The molecule has 0 saturated carbocycles. The molecule has 0 saturated heterocycles. The Kier molecular flexibility index (Phi) is 5.32. The van der Waals surface area contributed by atoms with Gasteiger partial charge >= 0.3 is 11.9 Å². The number of esters is 1. The van der Waals surface area contributed by atoms with Crippen molar-refractivity contribution < 1.29 is 24.2 Å². The van der Waals surface area contributed by atoms with E-state index in [1.807, 2.05) is 0 Å². The van der Waals surface area contributed by atoms with Crippen molar-refractivity contribution in [1.82, 2.24) is 5.32 Å². The van der Waals surface area contributed by atoms with Crippen LogP contribution in [-0.2, 0) is 14.3 Å². The first-order valence-corrected chi connectivity index (χ1v) is 5.68. The lowest BCUT2D eigenvalue weighted by Crippen LogP contribution is -2.42. The number of benzene rings is 1. The molecule has 1 amide bonds. The number of amides is 1. The second-order valence-electron chi connectivity index (χ2n) is 3.65. The summed E-state index contributed by atoms with van der Waals surface area (Å²) in [6.07, 6.45) is -0.439. The Bertz CT molecular complexity index is 485. The summed E-state index contributed by atoms with van der Waals surface area (Å²) in [4.78, 5) is 33.7. The molecule has 1 rings (SSSR count). The van der Waals surface area contributed by atoms with E-state index < -0.39 is 30.3 Å². The smallest absolute Gasteiger partial charge is 0.326 e. The van der Waals surface area contributed by atoms with Crippen LogP contribution in [0.3, 0.4) is 0 Å². The Labute approximate surface area is 114 Å². The molecular formula is C12H12ClNO5. The van der Waals surface area contributed by atoms with E-state index in [4.69, 9.17) is 16.7 Å². The van der Waals surface area contributed by atoms with Crippen molar-refractivity contribution in [2.75, 3.05) is 7.11 Å². The normalized spacial score (nSPS) is 11.5. The van der Waals surface area contributed by atoms with Gasteiger partial charge in [-0.15, -0.1) is 0 Å². The van der Waals surface area contributed by atoms with Crippen molar-refractivity contribution in [2.45, 2.75) is 12.5 Å². The SMILES string of the molecule is COC(=O)CC(NC(=O)c1ccc(Cl)cc1)C(=O)O. The number of carbonyl (C=O) groups excluding carboxylic acids is 2. The van der Waals surface area contributed by atoms with Gasteiger partial charge in [-0.2, -0.15) is 0 Å². The molecule has 0 radical (unpaired) electrons. The molecule has 2 N–H and O–H groups in total. The minimum atomic E-state index is -1.34. The quantitative estimate of drug-likeness (QED) is 0.790. The Morgan fingerprint density at radius 1 is 1.32 bits per heavy atom. The molecule has 6 nitrogen and oxygen atoms in total. The number of carbonyl (C=O) groups is 3. The third-order valence-electron chi connectivity index (χ3n) is 2.31. The van der Waals surface area contributed by atoms with E-state index in [2.05, 4.69) is 10.1 Å². The van der Waals surface area contributed by atoms with Gasteiger partial charge in [-0.3, -0.25) is 9.59 Å². The fourth-order valence-electron chi connectivity index (χ4n) is 1.29. The predicted octanol–water partition coefficient (Wildman–Crippen LogP) is 1.09. The topological polar surface area (TPSA) is 92.7 Å². The molecule has 1 aromatic carbocycles. The number of rotatable bonds is 5. The highest BCUT2D eigenvalue weighted by molar-refractivity contribution is 6.30. The van der Waals surface area contributed by atoms with Crippen molar-refractivity contribution in [1.29, 1.82) is 0 Å². The molecule has 19 heavy (non-hydrogen) atoms. The first kappa shape index (κ1) is 15.0. The molecule has 1 atom stereocenters. The zero-order chi connectivity index (χ0) is 14.4. The van der Waals surface area contributed by atoms with Crippen LogP contribution in [0.25, 0.3) is 0 Å². The first-order chi connectivity index (χ1) is 8.93. The monoisotopic (exact) mass is 285 g/mol. The van der Waals surface area contributed by atoms with Crippen LogP contribution in [0.15, 0.2) is 24.3 Å². The summed E-state index contributed by atoms with van der Waals surface area (Å²) in [6, 6.07) is 4.58. The van der Waals surface area contributed by atoms with Gasteiger partial charge in [0.15, 0.2) is 0 Å². The lowest BCUT2D eigenvalue weighted by molar-refractivity contribution is -0.147. The zero-order valence-electron chi connectivity index (χ0n) is 10.1. The van der Waals surface area contributed by atoms with Gasteiger partial charge in [-0.25, -0.2) is 4.79 Å². The van der Waals surface area contributed by atoms with Crippen molar-refractivity contribution in [3.8, 4) is 0 Å². The first-order valence-electron chi connectivity index (χ1n) is 5.30. The predicted molar refractivity (Wildman–Crippen MR) is 67.0 cm³/mol. The molecule has 7 heteroatoms. The van der Waals surface area contributed by atoms with Gasteiger partial charge in [0.2, 0.25) is 0 Å². The highest BCUT2D eigenvalue weighted by atomic mass is 35.5. The minimum Gasteiger partial charge on any atom is -0.480 e. The van der Waals surface area contributed by atoms with Gasteiger partial charge in [-0.1, -0.05) is 11.6 Å². The highest BCUT2D eigenvalue weighted by Gasteiger charge is 2.24. The maximum atomic E-state index is 11.8. The van der Waals surface area contributed by atoms with Gasteiger partial charge in [0.1, 0.15) is 6.04 Å². The average Bonchev–Trinajstić information content (AvgIpc) is 2.38. The molecule has 0 spiro atoms. The van der Waals surface area contributed by atoms with Crippen LogP contribution in [0.2, 0.25) is 5.02 Å². The Morgan fingerprint density at radius 3 is 2.37 bits per heavy atom. The molecule has 0 aliphatic carbocycles. The Hall–Kier alpha value is -2.08. The second kappa shape index (κ2) is 6.75. The molecule has 0 aromatic heterocycles. The van der Waals surface area contributed by atoms with Crippen molar-refractivity contribution in [3.05, 3.63) is 34.9 Å². The maximum Gasteiger partial charge on any atom is 0.326 e. The van der Waals surface area contributed by atoms with Crippen LogP contribution < -0.4 is 5.32 Å². The fourth-order valence-corrected chi connectivity index (χ4v) is 1.42. The summed E-state index contributed by atoms with van der Waals surface area (Å²) in [5, 5.41) is 11.6. The zero-order valence-corrected chi connectivity index (χ0v) is 10.8. The van der Waals surface area contributed by atoms with Crippen LogP contribution in [0.1, 0.15) is 16.8 Å². The summed E-state index contributed by atoms with van der Waals surface area (Å²) >= 11 is 5.67. The molecule has 0 fully saturated rings. The molecule has 0 aliphatic rings. The van der Waals surface area contributed by atoms with Crippen molar-refractivity contribution >= 4 is 29.4 Å². The number of ether oxygens (including phenoxy) is 1. The van der Waals surface area contributed by atoms with Gasteiger partial charge in [0.25, 0.3) is 5.91 Å². The number of nitrogens with one attached hydrogen (secondary N) is 1. The van der Waals surface area contributed by atoms with Crippen LogP contribution in [0, 0.1) is 0 Å². The lowest BCUT2D eigenvalue weighted by Gasteiger charge is -2.13. The summed E-state index contributed by atoms with van der Waals surface area (Å²) in [7, 11) is 1.14. The van der Waals surface area contributed by atoms with Crippen LogP contribution >= 0.6 is 11.6 Å². The van der Waals surface area contributed by atoms with Crippen molar-refractivity contribution in [2.24, 2.45) is 0 Å². The number of halogens is 1. The second-order valence-corrected chi connectivity index (χ2v) is 4.09. The van der Waals surface area contributed by atoms with E-state index in [0.717, 1.165) is 7.11 Å².